The summed E-state index contributed by atoms with van der Waals surface area (Å²) >= 11 is 1.67. The quantitative estimate of drug-likeness (QED) is 0.672. The summed E-state index contributed by atoms with van der Waals surface area (Å²) < 4.78 is 0. The highest BCUT2D eigenvalue weighted by Crippen LogP contribution is 2.34. The Labute approximate surface area is 133 Å². The second-order valence-corrected chi connectivity index (χ2v) is 6.95. The monoisotopic (exact) mass is 317 g/mol. The molecule has 22 heavy (non-hydrogen) atoms. The number of hydroxylamine groups is 2. The van der Waals surface area contributed by atoms with Crippen LogP contribution >= 0.6 is 11.3 Å². The minimum Gasteiger partial charge on any atom is -0.350 e. The van der Waals surface area contributed by atoms with E-state index in [1.165, 1.54) is 16.0 Å². The van der Waals surface area contributed by atoms with E-state index >= 15 is 0 Å². The number of urea groups is 1. The lowest BCUT2D eigenvalue weighted by Gasteiger charge is -2.21. The van der Waals surface area contributed by atoms with E-state index in [1.807, 2.05) is 12.3 Å². The highest BCUT2D eigenvalue weighted by Gasteiger charge is 2.22. The summed E-state index contributed by atoms with van der Waals surface area (Å²) in [5, 5.41) is 10.0. The molecule has 0 aliphatic heterocycles. The first-order chi connectivity index (χ1) is 10.6. The minimum absolute atomic E-state index is 0.167. The van der Waals surface area contributed by atoms with E-state index < -0.39 is 6.03 Å². The number of fused-ring (bicyclic) bond motifs is 1. The number of thiophene rings is 1. The summed E-state index contributed by atoms with van der Waals surface area (Å²) in [4.78, 5) is 17.4. The van der Waals surface area contributed by atoms with E-state index in [1.54, 1.807) is 17.5 Å². The zero-order chi connectivity index (χ0) is 15.5. The molecule has 0 aromatic carbocycles. The normalized spacial score (nSPS) is 17.0. The first-order valence-electron chi connectivity index (χ1n) is 7.37. The van der Waals surface area contributed by atoms with Gasteiger partial charge in [0, 0.05) is 22.1 Å². The molecule has 3 rings (SSSR count). The van der Waals surface area contributed by atoms with Crippen molar-refractivity contribution in [3.05, 3.63) is 51.5 Å². The zero-order valence-electron chi connectivity index (χ0n) is 12.2. The third kappa shape index (κ3) is 3.45. The first-order valence-corrected chi connectivity index (χ1v) is 8.18. The summed E-state index contributed by atoms with van der Waals surface area (Å²) in [6, 6.07) is 5.37. The van der Waals surface area contributed by atoms with Gasteiger partial charge in [-0.15, -0.1) is 11.3 Å². The van der Waals surface area contributed by atoms with Crippen molar-refractivity contribution in [3.63, 3.8) is 0 Å². The molecule has 2 aromatic heterocycles. The Hall–Kier alpha value is -1.92. The van der Waals surface area contributed by atoms with E-state index in [9.17, 15) is 10.0 Å². The lowest BCUT2D eigenvalue weighted by molar-refractivity contribution is -0.0462. The predicted molar refractivity (Wildman–Crippen MR) is 84.7 cm³/mol. The van der Waals surface area contributed by atoms with Crippen LogP contribution in [0.2, 0.25) is 0 Å². The van der Waals surface area contributed by atoms with Gasteiger partial charge in [0.05, 0.1) is 6.54 Å². The lowest BCUT2D eigenvalue weighted by Crippen LogP contribution is -2.31. The summed E-state index contributed by atoms with van der Waals surface area (Å²) in [5.74, 6) is 0.629. The van der Waals surface area contributed by atoms with E-state index in [0.29, 0.717) is 11.0 Å². The van der Waals surface area contributed by atoms with Gasteiger partial charge in [0.1, 0.15) is 0 Å². The average Bonchev–Trinajstić information content (AvgIpc) is 2.89. The van der Waals surface area contributed by atoms with Gasteiger partial charge >= 0.3 is 6.03 Å². The zero-order valence-corrected chi connectivity index (χ0v) is 13.1. The summed E-state index contributed by atoms with van der Waals surface area (Å²) in [7, 11) is 0. The number of aryl methyl sites for hydroxylation is 1. The molecule has 6 heteroatoms. The van der Waals surface area contributed by atoms with E-state index in [4.69, 9.17) is 5.73 Å². The molecule has 1 aliphatic rings. The van der Waals surface area contributed by atoms with Gasteiger partial charge in [-0.05, 0) is 54.9 Å². The minimum atomic E-state index is -0.819. The van der Waals surface area contributed by atoms with Gasteiger partial charge in [0.25, 0.3) is 0 Å². The van der Waals surface area contributed by atoms with Crippen LogP contribution in [0.3, 0.4) is 0 Å². The highest BCUT2D eigenvalue weighted by atomic mass is 32.1. The number of hydrogen-bond donors (Lipinski definition) is 2. The Morgan fingerprint density at radius 2 is 2.41 bits per heavy atom. The van der Waals surface area contributed by atoms with Crippen molar-refractivity contribution in [2.45, 2.75) is 32.2 Å². The molecule has 0 spiro atoms. The van der Waals surface area contributed by atoms with Crippen molar-refractivity contribution in [1.29, 1.82) is 0 Å². The molecule has 5 nitrogen and oxygen atoms in total. The molecule has 0 bridgehead atoms. The van der Waals surface area contributed by atoms with Crippen molar-refractivity contribution >= 4 is 17.4 Å². The molecule has 2 amide bonds. The Kier molecular flexibility index (Phi) is 4.40. The van der Waals surface area contributed by atoms with Crippen molar-refractivity contribution in [2.75, 3.05) is 0 Å². The number of primary amides is 1. The van der Waals surface area contributed by atoms with Gasteiger partial charge in [0.2, 0.25) is 0 Å². The van der Waals surface area contributed by atoms with Crippen LogP contribution in [0.15, 0.2) is 30.6 Å². The number of carbonyl (C=O) groups is 1. The first kappa shape index (κ1) is 15.0. The van der Waals surface area contributed by atoms with Gasteiger partial charge in [-0.3, -0.25) is 10.2 Å². The third-order valence-electron chi connectivity index (χ3n) is 4.05. The Morgan fingerprint density at radius 1 is 1.55 bits per heavy atom. The van der Waals surface area contributed by atoms with Gasteiger partial charge in [0.15, 0.2) is 0 Å². The smallest absolute Gasteiger partial charge is 0.338 e. The molecule has 2 aromatic rings. The topological polar surface area (TPSA) is 79.5 Å². The fourth-order valence-electron chi connectivity index (χ4n) is 2.97. The van der Waals surface area contributed by atoms with Crippen LogP contribution in [0.5, 0.6) is 0 Å². The number of hydrogen-bond acceptors (Lipinski definition) is 4. The van der Waals surface area contributed by atoms with Crippen LogP contribution in [-0.2, 0) is 25.8 Å². The number of nitrogens with zero attached hydrogens (tertiary/aromatic N) is 2. The summed E-state index contributed by atoms with van der Waals surface area (Å²) in [5.41, 5.74) is 7.68. The predicted octanol–water partition coefficient (Wildman–Crippen LogP) is 2.76. The van der Waals surface area contributed by atoms with Gasteiger partial charge < -0.3 is 5.73 Å². The van der Waals surface area contributed by atoms with E-state index in [0.717, 1.165) is 30.6 Å². The molecule has 2 heterocycles. The van der Waals surface area contributed by atoms with Crippen molar-refractivity contribution in [1.82, 2.24) is 10.0 Å². The number of pyridine rings is 1. The maximum Gasteiger partial charge on any atom is 0.338 e. The molecule has 0 radical (unpaired) electrons. The van der Waals surface area contributed by atoms with Gasteiger partial charge in [-0.2, -0.15) is 0 Å². The lowest BCUT2D eigenvalue weighted by atomic mass is 9.85. The molecule has 116 valence electrons. The Bertz CT molecular complexity index is 657. The van der Waals surface area contributed by atoms with Crippen LogP contribution in [0.25, 0.3) is 0 Å². The molecule has 1 aliphatic carbocycles. The molecule has 3 N–H and O–H groups in total. The molecule has 0 saturated carbocycles. The van der Waals surface area contributed by atoms with Crippen molar-refractivity contribution in [2.24, 2.45) is 11.7 Å². The van der Waals surface area contributed by atoms with Crippen molar-refractivity contribution in [3.8, 4) is 0 Å². The molecule has 0 saturated heterocycles. The molecule has 1 unspecified atom stereocenters. The standard InChI is InChI=1S/C16H19N3O2S/c17-16(20)19(21)10-14-8-13-4-3-11(7-15(13)22-14)6-12-2-1-5-18-9-12/h1-2,5,8-9,11,21H,3-4,6-7,10H2,(H2,17,20). The third-order valence-corrected chi connectivity index (χ3v) is 5.24. The maximum atomic E-state index is 10.9. The number of aromatic nitrogens is 1. The molecular weight excluding hydrogens is 298 g/mol. The van der Waals surface area contributed by atoms with Crippen LogP contribution < -0.4 is 5.73 Å². The van der Waals surface area contributed by atoms with Crippen molar-refractivity contribution < 1.29 is 10.0 Å². The number of nitrogens with two attached hydrogens (primary N) is 1. The van der Waals surface area contributed by atoms with E-state index in [2.05, 4.69) is 17.1 Å². The number of carbonyl (C=O) groups excluding carboxylic acids is 1. The van der Waals surface area contributed by atoms with Gasteiger partial charge in [-0.1, -0.05) is 6.07 Å². The molecular formula is C16H19N3O2S. The SMILES string of the molecule is NC(=O)N(O)Cc1cc2c(s1)CC(Cc1cccnc1)CC2. The Morgan fingerprint density at radius 3 is 3.14 bits per heavy atom. The summed E-state index contributed by atoms with van der Waals surface area (Å²) in [6.07, 6.45) is 8.06. The maximum absolute atomic E-state index is 10.9. The highest BCUT2D eigenvalue weighted by molar-refractivity contribution is 7.12. The van der Waals surface area contributed by atoms with Crippen LogP contribution in [0, 0.1) is 5.92 Å². The van der Waals surface area contributed by atoms with Crippen LogP contribution in [-0.4, -0.2) is 21.3 Å². The fraction of sp³-hybridized carbons (Fsp3) is 0.375. The summed E-state index contributed by atoms with van der Waals surface area (Å²) in [6.45, 7) is 0.167. The average molecular weight is 317 g/mol. The van der Waals surface area contributed by atoms with Crippen LogP contribution in [0.4, 0.5) is 4.79 Å². The van der Waals surface area contributed by atoms with Crippen LogP contribution in [0.1, 0.15) is 27.3 Å². The number of rotatable bonds is 4. The largest absolute Gasteiger partial charge is 0.350 e. The molecule has 0 fully saturated rings. The van der Waals surface area contributed by atoms with Gasteiger partial charge in [-0.25, -0.2) is 9.86 Å². The Balaban J connectivity index is 1.65. The fourth-order valence-corrected chi connectivity index (χ4v) is 4.28. The second kappa shape index (κ2) is 6.46. The second-order valence-electron chi connectivity index (χ2n) is 5.73. The van der Waals surface area contributed by atoms with E-state index in [-0.39, 0.29) is 6.54 Å². The number of amides is 2. The molecule has 1 atom stereocenters.